The minimum Gasteiger partial charge on any atom is -0.496 e. The van der Waals surface area contributed by atoms with E-state index in [1.807, 2.05) is 31.2 Å². The number of guanidine groups is 1. The lowest BCUT2D eigenvalue weighted by Crippen LogP contribution is -2.36. The third-order valence-electron chi connectivity index (χ3n) is 3.83. The van der Waals surface area contributed by atoms with Crippen LogP contribution in [0.5, 0.6) is 11.5 Å². The first-order valence-corrected chi connectivity index (χ1v) is 8.46. The number of methoxy groups -OCH3 is 1. The van der Waals surface area contributed by atoms with Crippen molar-refractivity contribution in [3.05, 3.63) is 59.2 Å². The van der Waals surface area contributed by atoms with E-state index in [9.17, 15) is 0 Å². The van der Waals surface area contributed by atoms with Crippen LogP contribution in [0.1, 0.15) is 23.6 Å². The van der Waals surface area contributed by atoms with Crippen LogP contribution >= 0.6 is 24.0 Å². The van der Waals surface area contributed by atoms with Gasteiger partial charge >= 0.3 is 0 Å². The number of hydrogen-bond donors (Lipinski definition) is 2. The molecule has 2 rings (SSSR count). The molecule has 26 heavy (non-hydrogen) atoms. The van der Waals surface area contributed by atoms with E-state index in [0.29, 0.717) is 19.7 Å². The predicted molar refractivity (Wildman–Crippen MR) is 118 cm³/mol. The molecule has 2 aromatic carbocycles. The second kappa shape index (κ2) is 11.6. The monoisotopic (exact) mass is 469 g/mol. The minimum atomic E-state index is 0. The SMILES string of the molecule is CCOc1cc(C)ccc1CNC(=NC)NCc1ccccc1OC.I. The molecule has 0 amide bonds. The van der Waals surface area contributed by atoms with Crippen molar-refractivity contribution in [3.8, 4) is 11.5 Å². The third-order valence-corrected chi connectivity index (χ3v) is 3.83. The molecule has 0 aromatic heterocycles. The van der Waals surface area contributed by atoms with Gasteiger partial charge in [0.1, 0.15) is 11.5 Å². The molecule has 0 bridgehead atoms. The highest BCUT2D eigenvalue weighted by atomic mass is 127. The molecule has 0 fully saturated rings. The van der Waals surface area contributed by atoms with Gasteiger partial charge in [-0.15, -0.1) is 24.0 Å². The number of aliphatic imine (C=N–C) groups is 1. The molecule has 0 saturated carbocycles. The number of nitrogens with one attached hydrogen (secondary N) is 2. The molecule has 0 radical (unpaired) electrons. The van der Waals surface area contributed by atoms with Gasteiger partial charge in [0.25, 0.3) is 0 Å². The van der Waals surface area contributed by atoms with Crippen LogP contribution in [0.2, 0.25) is 0 Å². The number of halogens is 1. The predicted octanol–water partition coefficient (Wildman–Crippen LogP) is 3.89. The Hall–Kier alpha value is -1.96. The summed E-state index contributed by atoms with van der Waals surface area (Å²) in [6.07, 6.45) is 0. The lowest BCUT2D eigenvalue weighted by molar-refractivity contribution is 0.336. The fourth-order valence-electron chi connectivity index (χ4n) is 2.53. The van der Waals surface area contributed by atoms with Crippen molar-refractivity contribution in [2.75, 3.05) is 20.8 Å². The summed E-state index contributed by atoms with van der Waals surface area (Å²) < 4.78 is 11.1. The van der Waals surface area contributed by atoms with Crippen LogP contribution in [0.4, 0.5) is 0 Å². The van der Waals surface area contributed by atoms with Gasteiger partial charge in [-0.25, -0.2) is 0 Å². The number of hydrogen-bond acceptors (Lipinski definition) is 3. The zero-order chi connectivity index (χ0) is 18.1. The molecule has 0 aliphatic rings. The molecule has 2 N–H and O–H groups in total. The normalized spacial score (nSPS) is 10.7. The van der Waals surface area contributed by atoms with Crippen LogP contribution in [-0.4, -0.2) is 26.7 Å². The first-order chi connectivity index (χ1) is 12.2. The van der Waals surface area contributed by atoms with Gasteiger partial charge in [0.2, 0.25) is 0 Å². The molecule has 2 aromatic rings. The van der Waals surface area contributed by atoms with Gasteiger partial charge in [-0.2, -0.15) is 0 Å². The Morgan fingerprint density at radius 3 is 2.27 bits per heavy atom. The number of ether oxygens (including phenoxy) is 2. The van der Waals surface area contributed by atoms with Crippen molar-refractivity contribution < 1.29 is 9.47 Å². The molecule has 5 nitrogen and oxygen atoms in total. The summed E-state index contributed by atoms with van der Waals surface area (Å²) in [5, 5.41) is 6.64. The van der Waals surface area contributed by atoms with Gasteiger partial charge in [0, 0.05) is 31.3 Å². The molecular formula is C20H28IN3O2. The van der Waals surface area contributed by atoms with Crippen LogP contribution in [0.15, 0.2) is 47.5 Å². The Morgan fingerprint density at radius 2 is 1.65 bits per heavy atom. The quantitative estimate of drug-likeness (QED) is 0.367. The molecule has 0 saturated heterocycles. The van der Waals surface area contributed by atoms with Gasteiger partial charge < -0.3 is 20.1 Å². The summed E-state index contributed by atoms with van der Waals surface area (Å²) in [6, 6.07) is 14.2. The van der Waals surface area contributed by atoms with E-state index in [1.165, 1.54) is 5.56 Å². The van der Waals surface area contributed by atoms with Crippen molar-refractivity contribution in [2.45, 2.75) is 26.9 Å². The van der Waals surface area contributed by atoms with Crippen molar-refractivity contribution >= 4 is 29.9 Å². The highest BCUT2D eigenvalue weighted by molar-refractivity contribution is 14.0. The maximum Gasteiger partial charge on any atom is 0.191 e. The van der Waals surface area contributed by atoms with Gasteiger partial charge in [-0.1, -0.05) is 30.3 Å². The second-order valence-corrected chi connectivity index (χ2v) is 5.64. The highest BCUT2D eigenvalue weighted by Crippen LogP contribution is 2.20. The summed E-state index contributed by atoms with van der Waals surface area (Å²) in [4.78, 5) is 4.28. The highest BCUT2D eigenvalue weighted by Gasteiger charge is 2.07. The third kappa shape index (κ3) is 6.40. The Kier molecular flexibility index (Phi) is 9.87. The van der Waals surface area contributed by atoms with Crippen LogP contribution in [0, 0.1) is 6.92 Å². The molecule has 0 heterocycles. The first-order valence-electron chi connectivity index (χ1n) is 8.46. The summed E-state index contributed by atoms with van der Waals surface area (Å²) in [7, 11) is 3.44. The Bertz CT molecular complexity index is 720. The average molecular weight is 469 g/mol. The lowest BCUT2D eigenvalue weighted by atomic mass is 10.1. The molecule has 0 aliphatic carbocycles. The number of rotatable bonds is 7. The van der Waals surface area contributed by atoms with Crippen LogP contribution in [0.3, 0.4) is 0 Å². The zero-order valence-corrected chi connectivity index (χ0v) is 18.2. The van der Waals surface area contributed by atoms with E-state index in [-0.39, 0.29) is 24.0 Å². The molecule has 6 heteroatoms. The number of nitrogens with zero attached hydrogens (tertiary/aromatic N) is 1. The maximum absolute atomic E-state index is 5.73. The van der Waals surface area contributed by atoms with E-state index < -0.39 is 0 Å². The van der Waals surface area contributed by atoms with Gasteiger partial charge in [0.15, 0.2) is 5.96 Å². The minimum absolute atomic E-state index is 0. The molecule has 142 valence electrons. The van der Waals surface area contributed by atoms with Gasteiger partial charge in [-0.05, 0) is 31.5 Å². The van der Waals surface area contributed by atoms with Crippen molar-refractivity contribution in [1.29, 1.82) is 0 Å². The molecular weight excluding hydrogens is 441 g/mol. The van der Waals surface area contributed by atoms with E-state index in [2.05, 4.69) is 40.7 Å². The van der Waals surface area contributed by atoms with Crippen LogP contribution in [-0.2, 0) is 13.1 Å². The van der Waals surface area contributed by atoms with Crippen molar-refractivity contribution in [1.82, 2.24) is 10.6 Å². The summed E-state index contributed by atoms with van der Waals surface area (Å²) in [5.74, 6) is 2.51. The van der Waals surface area contributed by atoms with E-state index in [4.69, 9.17) is 9.47 Å². The number of aryl methyl sites for hydroxylation is 1. The lowest BCUT2D eigenvalue weighted by Gasteiger charge is -2.15. The van der Waals surface area contributed by atoms with Gasteiger partial charge in [0.05, 0.1) is 13.7 Å². The largest absolute Gasteiger partial charge is 0.496 e. The summed E-state index contributed by atoms with van der Waals surface area (Å²) in [5.41, 5.74) is 3.37. The first kappa shape index (κ1) is 22.1. The zero-order valence-electron chi connectivity index (χ0n) is 15.8. The van der Waals surface area contributed by atoms with Crippen molar-refractivity contribution in [3.63, 3.8) is 0 Å². The molecule has 0 atom stereocenters. The number of para-hydroxylation sites is 1. The van der Waals surface area contributed by atoms with Crippen molar-refractivity contribution in [2.24, 2.45) is 4.99 Å². The summed E-state index contributed by atoms with van der Waals surface area (Å²) >= 11 is 0. The average Bonchev–Trinajstić information content (AvgIpc) is 2.63. The summed E-state index contributed by atoms with van der Waals surface area (Å²) in [6.45, 7) is 5.98. The second-order valence-electron chi connectivity index (χ2n) is 5.64. The topological polar surface area (TPSA) is 54.9 Å². The Labute approximate surface area is 173 Å². The fourth-order valence-corrected chi connectivity index (χ4v) is 2.53. The molecule has 0 unspecified atom stereocenters. The van der Waals surface area contributed by atoms with E-state index in [0.717, 1.165) is 28.6 Å². The smallest absolute Gasteiger partial charge is 0.191 e. The molecule has 0 spiro atoms. The van der Waals surface area contributed by atoms with E-state index in [1.54, 1.807) is 14.2 Å². The Morgan fingerprint density at radius 1 is 1.00 bits per heavy atom. The maximum atomic E-state index is 5.73. The van der Waals surface area contributed by atoms with E-state index >= 15 is 0 Å². The molecule has 0 aliphatic heterocycles. The fraction of sp³-hybridized carbons (Fsp3) is 0.350. The standard InChI is InChI=1S/C20H27N3O2.HI/c1-5-25-19-12-15(2)10-11-17(19)14-23-20(21-3)22-13-16-8-6-7-9-18(16)24-4;/h6-12H,5,13-14H2,1-4H3,(H2,21,22,23);1H. The Balaban J connectivity index is 0.00000338. The van der Waals surface area contributed by atoms with Crippen LogP contribution in [0.25, 0.3) is 0 Å². The number of benzene rings is 2. The van der Waals surface area contributed by atoms with Gasteiger partial charge in [-0.3, -0.25) is 4.99 Å². The van der Waals surface area contributed by atoms with Crippen LogP contribution < -0.4 is 20.1 Å².